The van der Waals surface area contributed by atoms with E-state index in [-0.39, 0.29) is 19.4 Å². The van der Waals surface area contributed by atoms with Crippen molar-refractivity contribution in [2.45, 2.75) is 84.9 Å². The van der Waals surface area contributed by atoms with E-state index in [1.807, 2.05) is 39.0 Å². The number of hydrogen-bond acceptors (Lipinski definition) is 5. The molecule has 0 aliphatic rings. The third-order valence-electron chi connectivity index (χ3n) is 6.22. The van der Waals surface area contributed by atoms with Crippen molar-refractivity contribution in [1.82, 2.24) is 10.2 Å². The van der Waals surface area contributed by atoms with Crippen molar-refractivity contribution >= 4 is 41.1 Å². The zero-order valence-corrected chi connectivity index (χ0v) is 24.9. The number of nitrogens with one attached hydrogen (secondary N) is 2. The summed E-state index contributed by atoms with van der Waals surface area (Å²) in [6.07, 6.45) is 0.340. The third-order valence-corrected chi connectivity index (χ3v) is 6.53. The molecule has 0 spiro atoms. The highest BCUT2D eigenvalue weighted by Crippen LogP contribution is 2.31. The van der Waals surface area contributed by atoms with Crippen LogP contribution in [-0.4, -0.2) is 46.9 Å². The van der Waals surface area contributed by atoms with Gasteiger partial charge in [0, 0.05) is 13.0 Å². The quantitative estimate of drug-likeness (QED) is 0.312. The molecule has 2 aromatic carbocycles. The molecule has 0 radical (unpaired) electrons. The molecule has 0 bridgehead atoms. The zero-order chi connectivity index (χ0) is 30.0. The molecule has 4 N–H and O–H groups in total. The van der Waals surface area contributed by atoms with Gasteiger partial charge in [-0.05, 0) is 70.2 Å². The molecule has 40 heavy (non-hydrogen) atoms. The van der Waals surface area contributed by atoms with Crippen molar-refractivity contribution < 1.29 is 23.9 Å². The lowest BCUT2D eigenvalue weighted by Crippen LogP contribution is -2.53. The van der Waals surface area contributed by atoms with Gasteiger partial charge in [0.15, 0.2) is 0 Å². The monoisotopic (exact) mass is 572 g/mol. The Morgan fingerprint density at radius 2 is 1.68 bits per heavy atom. The van der Waals surface area contributed by atoms with E-state index in [1.54, 1.807) is 45.0 Å². The maximum atomic E-state index is 14.2. The average Bonchev–Trinajstić information content (AvgIpc) is 2.85. The molecule has 2 aromatic rings. The molecule has 0 heterocycles. The van der Waals surface area contributed by atoms with E-state index in [9.17, 15) is 19.2 Å². The Labute approximate surface area is 241 Å². The van der Waals surface area contributed by atoms with Crippen LogP contribution in [0.5, 0.6) is 0 Å². The minimum atomic E-state index is -1.15. The number of nitrogens with zero attached hydrogens (tertiary/aromatic N) is 1. The van der Waals surface area contributed by atoms with Gasteiger partial charge in [0.25, 0.3) is 5.91 Å². The van der Waals surface area contributed by atoms with Crippen LogP contribution in [-0.2, 0) is 19.1 Å². The molecule has 0 aromatic heterocycles. The van der Waals surface area contributed by atoms with E-state index < -0.39 is 41.5 Å². The van der Waals surface area contributed by atoms with Crippen molar-refractivity contribution in [3.8, 4) is 0 Å². The number of ether oxygens (including phenoxy) is 1. The predicted octanol–water partition coefficient (Wildman–Crippen LogP) is 5.42. The maximum Gasteiger partial charge on any atom is 0.408 e. The molecule has 2 atom stereocenters. The number of carbonyl (C=O) groups excluding carboxylic acids is 4. The fourth-order valence-corrected chi connectivity index (χ4v) is 4.48. The maximum absolute atomic E-state index is 14.2. The summed E-state index contributed by atoms with van der Waals surface area (Å²) in [6, 6.07) is 10.4. The second-order valence-corrected chi connectivity index (χ2v) is 11.2. The number of alkyl carbamates (subject to hydrolysis) is 1. The van der Waals surface area contributed by atoms with Crippen LogP contribution >= 0.6 is 11.6 Å². The molecule has 2 unspecified atom stereocenters. The number of para-hydroxylation sites is 1. The molecule has 2 rings (SSSR count). The Bertz CT molecular complexity index is 1190. The lowest BCUT2D eigenvalue weighted by molar-refractivity contribution is -0.141. The van der Waals surface area contributed by atoms with Crippen LogP contribution in [0.4, 0.5) is 10.5 Å². The molecule has 0 saturated heterocycles. The average molecular weight is 573 g/mol. The molecule has 0 saturated carbocycles. The van der Waals surface area contributed by atoms with Crippen LogP contribution in [0.3, 0.4) is 0 Å². The Morgan fingerprint density at radius 3 is 2.25 bits per heavy atom. The number of aryl methyl sites for hydroxylation is 2. The molecule has 0 aliphatic heterocycles. The standard InChI is InChI=1S/C30H41ClN4O5/c1-7-8-18-35(28(38)23(16-17-24(32)36)33-29(39)40-30(4,5)6)26(21-14-10-9-12-19(21)2)27(37)34-25-20(3)13-11-15-22(25)31/h9-15,23,26H,7-8,16-18H2,1-6H3,(H2,32,36)(H,33,39)(H,34,37). The third kappa shape index (κ3) is 9.55. The van der Waals surface area contributed by atoms with Gasteiger partial charge in [0.05, 0.1) is 10.7 Å². The van der Waals surface area contributed by atoms with Gasteiger partial charge >= 0.3 is 6.09 Å². The van der Waals surface area contributed by atoms with E-state index in [0.29, 0.717) is 22.7 Å². The fraction of sp³-hybridized carbons (Fsp3) is 0.467. The van der Waals surface area contributed by atoms with Gasteiger partial charge in [0.1, 0.15) is 17.7 Å². The van der Waals surface area contributed by atoms with Gasteiger partial charge < -0.3 is 26.0 Å². The first-order chi connectivity index (χ1) is 18.7. The Balaban J connectivity index is 2.59. The SMILES string of the molecule is CCCCN(C(=O)C(CCC(N)=O)NC(=O)OC(C)(C)C)C(C(=O)Nc1c(C)cccc1Cl)c1ccccc1C. The van der Waals surface area contributed by atoms with Crippen LogP contribution in [0.25, 0.3) is 0 Å². The van der Waals surface area contributed by atoms with E-state index in [0.717, 1.165) is 17.5 Å². The zero-order valence-electron chi connectivity index (χ0n) is 24.2. The summed E-state index contributed by atoms with van der Waals surface area (Å²) in [5, 5.41) is 5.90. The summed E-state index contributed by atoms with van der Waals surface area (Å²) in [5.41, 5.74) is 7.22. The minimum absolute atomic E-state index is 0.0538. The first-order valence-corrected chi connectivity index (χ1v) is 13.8. The van der Waals surface area contributed by atoms with Crippen LogP contribution in [0.2, 0.25) is 5.02 Å². The van der Waals surface area contributed by atoms with Crippen molar-refractivity contribution in [2.24, 2.45) is 5.73 Å². The number of carbonyl (C=O) groups is 4. The lowest BCUT2D eigenvalue weighted by Gasteiger charge is -2.35. The second kappa shape index (κ2) is 14.7. The van der Waals surface area contributed by atoms with E-state index in [1.165, 1.54) is 4.90 Å². The first-order valence-electron chi connectivity index (χ1n) is 13.4. The van der Waals surface area contributed by atoms with Gasteiger partial charge in [-0.25, -0.2) is 4.79 Å². The number of nitrogens with two attached hydrogens (primary N) is 1. The fourth-order valence-electron chi connectivity index (χ4n) is 4.22. The number of amides is 4. The second-order valence-electron chi connectivity index (χ2n) is 10.8. The number of hydrogen-bond donors (Lipinski definition) is 3. The van der Waals surface area contributed by atoms with Gasteiger partial charge in [-0.3, -0.25) is 14.4 Å². The van der Waals surface area contributed by atoms with Crippen molar-refractivity contribution in [1.29, 1.82) is 0 Å². The van der Waals surface area contributed by atoms with Gasteiger partial charge in [-0.2, -0.15) is 0 Å². The number of unbranched alkanes of at least 4 members (excludes halogenated alkanes) is 1. The highest BCUT2D eigenvalue weighted by atomic mass is 35.5. The summed E-state index contributed by atoms with van der Waals surface area (Å²) in [6.45, 7) is 11.0. The summed E-state index contributed by atoms with van der Waals surface area (Å²) >= 11 is 6.41. The largest absolute Gasteiger partial charge is 0.444 e. The Kier molecular flexibility index (Phi) is 12.0. The van der Waals surface area contributed by atoms with Crippen molar-refractivity contribution in [2.75, 3.05) is 11.9 Å². The van der Waals surface area contributed by atoms with Crippen LogP contribution in [0.15, 0.2) is 42.5 Å². The van der Waals surface area contributed by atoms with Gasteiger partial charge in [-0.15, -0.1) is 0 Å². The smallest absolute Gasteiger partial charge is 0.408 e. The number of primary amides is 1. The number of benzene rings is 2. The van der Waals surface area contributed by atoms with E-state index in [2.05, 4.69) is 10.6 Å². The first kappa shape index (κ1) is 32.6. The molecule has 4 amide bonds. The molecule has 0 fully saturated rings. The van der Waals surface area contributed by atoms with E-state index >= 15 is 0 Å². The molecule has 0 aliphatic carbocycles. The molecular formula is C30H41ClN4O5. The highest BCUT2D eigenvalue weighted by Gasteiger charge is 2.37. The topological polar surface area (TPSA) is 131 Å². The van der Waals surface area contributed by atoms with Crippen molar-refractivity contribution in [3.63, 3.8) is 0 Å². The van der Waals surface area contributed by atoms with Gasteiger partial charge in [0.2, 0.25) is 11.8 Å². The lowest BCUT2D eigenvalue weighted by atomic mass is 9.97. The summed E-state index contributed by atoms with van der Waals surface area (Å²) in [4.78, 5) is 54.0. The minimum Gasteiger partial charge on any atom is -0.444 e. The summed E-state index contributed by atoms with van der Waals surface area (Å²) in [5.74, 6) is -1.60. The van der Waals surface area contributed by atoms with Crippen molar-refractivity contribution in [3.05, 3.63) is 64.2 Å². The Hall–Kier alpha value is -3.59. The molecule has 10 heteroatoms. The van der Waals surface area contributed by atoms with Crippen LogP contribution in [0.1, 0.15) is 76.1 Å². The molecular weight excluding hydrogens is 532 g/mol. The normalized spacial score (nSPS) is 12.7. The predicted molar refractivity (Wildman–Crippen MR) is 157 cm³/mol. The van der Waals surface area contributed by atoms with E-state index in [4.69, 9.17) is 22.1 Å². The molecule has 218 valence electrons. The molecule has 9 nitrogen and oxygen atoms in total. The summed E-state index contributed by atoms with van der Waals surface area (Å²) in [7, 11) is 0. The summed E-state index contributed by atoms with van der Waals surface area (Å²) < 4.78 is 5.37. The number of anilines is 1. The number of halogens is 1. The van der Waals surface area contributed by atoms with Crippen LogP contribution in [0, 0.1) is 13.8 Å². The highest BCUT2D eigenvalue weighted by molar-refractivity contribution is 6.34. The number of rotatable bonds is 12. The Morgan fingerprint density at radius 1 is 1.02 bits per heavy atom. The van der Waals surface area contributed by atoms with Crippen LogP contribution < -0.4 is 16.4 Å². The van der Waals surface area contributed by atoms with Gasteiger partial charge in [-0.1, -0.05) is 61.3 Å².